The topological polar surface area (TPSA) is 58.9 Å². The van der Waals surface area contributed by atoms with E-state index in [-0.39, 0.29) is 0 Å². The first-order valence-corrected chi connectivity index (χ1v) is 5.10. The molecule has 0 aliphatic carbocycles. The second kappa shape index (κ2) is 4.37. The van der Waals surface area contributed by atoms with Crippen molar-refractivity contribution in [2.75, 3.05) is 0 Å². The predicted octanol–water partition coefficient (Wildman–Crippen LogP) is 1.90. The van der Waals surface area contributed by atoms with Crippen LogP contribution in [0.1, 0.15) is 24.3 Å². The largest absolute Gasteiger partial charge is 0.389 e. The first-order valence-electron chi connectivity index (χ1n) is 5.10. The van der Waals surface area contributed by atoms with Crippen LogP contribution in [0.5, 0.6) is 0 Å². The normalized spacial score (nSPS) is 12.4. The monoisotopic (exact) mass is 215 g/mol. The molecular formula is C12H13N3O. The van der Waals surface area contributed by atoms with Crippen molar-refractivity contribution in [1.82, 2.24) is 15.0 Å². The minimum absolute atomic E-state index is 0.536. The van der Waals surface area contributed by atoms with Crippen LogP contribution in [0.3, 0.4) is 0 Å². The lowest BCUT2D eigenvalue weighted by Crippen LogP contribution is -2.01. The van der Waals surface area contributed by atoms with E-state index in [0.29, 0.717) is 5.82 Å². The van der Waals surface area contributed by atoms with Crippen molar-refractivity contribution in [1.29, 1.82) is 0 Å². The van der Waals surface area contributed by atoms with Gasteiger partial charge in [0.1, 0.15) is 0 Å². The Morgan fingerprint density at radius 2 is 1.94 bits per heavy atom. The number of aryl methyl sites for hydroxylation is 1. The van der Waals surface area contributed by atoms with Crippen molar-refractivity contribution in [2.24, 2.45) is 0 Å². The molecule has 0 aromatic carbocycles. The van der Waals surface area contributed by atoms with Gasteiger partial charge in [-0.2, -0.15) is 0 Å². The number of rotatable bonds is 2. The molecule has 2 aromatic heterocycles. The van der Waals surface area contributed by atoms with E-state index in [1.165, 1.54) is 0 Å². The molecule has 4 nitrogen and oxygen atoms in total. The van der Waals surface area contributed by atoms with Crippen molar-refractivity contribution in [2.45, 2.75) is 20.0 Å². The van der Waals surface area contributed by atoms with Gasteiger partial charge in [-0.25, -0.2) is 9.97 Å². The Morgan fingerprint density at radius 1 is 1.25 bits per heavy atom. The highest BCUT2D eigenvalue weighted by molar-refractivity contribution is 5.53. The van der Waals surface area contributed by atoms with Crippen LogP contribution >= 0.6 is 0 Å². The summed E-state index contributed by atoms with van der Waals surface area (Å²) < 4.78 is 0. The second-order valence-electron chi connectivity index (χ2n) is 3.65. The molecule has 0 radical (unpaired) electrons. The summed E-state index contributed by atoms with van der Waals surface area (Å²) in [7, 11) is 0. The van der Waals surface area contributed by atoms with Crippen LogP contribution < -0.4 is 0 Å². The van der Waals surface area contributed by atoms with E-state index in [1.54, 1.807) is 25.5 Å². The number of aliphatic hydroxyl groups is 1. The third-order valence-electron chi connectivity index (χ3n) is 2.41. The molecule has 0 bridgehead atoms. The molecule has 0 fully saturated rings. The quantitative estimate of drug-likeness (QED) is 0.831. The highest BCUT2D eigenvalue weighted by atomic mass is 16.3. The van der Waals surface area contributed by atoms with Crippen molar-refractivity contribution in [3.05, 3.63) is 42.0 Å². The summed E-state index contributed by atoms with van der Waals surface area (Å²) in [5.74, 6) is 0.657. The molecule has 16 heavy (non-hydrogen) atoms. The fraction of sp³-hybridized carbons (Fsp3) is 0.250. The van der Waals surface area contributed by atoms with Gasteiger partial charge >= 0.3 is 0 Å². The summed E-state index contributed by atoms with van der Waals surface area (Å²) in [5, 5.41) is 9.48. The molecule has 82 valence electrons. The smallest absolute Gasteiger partial charge is 0.159 e. The van der Waals surface area contributed by atoms with E-state index in [2.05, 4.69) is 15.0 Å². The van der Waals surface area contributed by atoms with E-state index < -0.39 is 6.10 Å². The summed E-state index contributed by atoms with van der Waals surface area (Å²) in [6.07, 6.45) is 4.54. The molecule has 0 aliphatic rings. The van der Waals surface area contributed by atoms with Gasteiger partial charge in [-0.15, -0.1) is 0 Å². The van der Waals surface area contributed by atoms with Crippen molar-refractivity contribution < 1.29 is 5.11 Å². The average Bonchev–Trinajstić information content (AvgIpc) is 2.29. The Morgan fingerprint density at radius 3 is 2.50 bits per heavy atom. The lowest BCUT2D eigenvalue weighted by Gasteiger charge is -2.08. The maximum Gasteiger partial charge on any atom is 0.159 e. The first-order chi connectivity index (χ1) is 7.68. The predicted molar refractivity (Wildman–Crippen MR) is 60.6 cm³/mol. The Balaban J connectivity index is 2.43. The fourth-order valence-electron chi connectivity index (χ4n) is 1.53. The molecule has 0 unspecified atom stereocenters. The van der Waals surface area contributed by atoms with Crippen LogP contribution in [0, 0.1) is 6.92 Å². The number of pyridine rings is 1. The summed E-state index contributed by atoms with van der Waals surface area (Å²) in [5.41, 5.74) is 2.49. The molecule has 1 atom stereocenters. The number of nitrogens with zero attached hydrogens (tertiary/aromatic N) is 3. The molecule has 0 saturated heterocycles. The van der Waals surface area contributed by atoms with Gasteiger partial charge < -0.3 is 5.11 Å². The number of aliphatic hydroxyl groups excluding tert-OH is 1. The van der Waals surface area contributed by atoms with Crippen molar-refractivity contribution in [3.63, 3.8) is 0 Å². The highest BCUT2D eigenvalue weighted by Crippen LogP contribution is 2.18. The van der Waals surface area contributed by atoms with Crippen LogP contribution in [-0.4, -0.2) is 20.1 Å². The average molecular weight is 215 g/mol. The number of hydrogen-bond donors (Lipinski definition) is 1. The van der Waals surface area contributed by atoms with Crippen LogP contribution in [0.4, 0.5) is 0 Å². The van der Waals surface area contributed by atoms with Gasteiger partial charge in [0, 0.05) is 35.4 Å². The maximum absolute atomic E-state index is 9.48. The number of aromatic nitrogens is 3. The van der Waals surface area contributed by atoms with E-state index in [4.69, 9.17) is 0 Å². The molecule has 4 heteroatoms. The fourth-order valence-corrected chi connectivity index (χ4v) is 1.53. The third-order valence-corrected chi connectivity index (χ3v) is 2.41. The number of hydrogen-bond acceptors (Lipinski definition) is 4. The molecular weight excluding hydrogens is 202 g/mol. The van der Waals surface area contributed by atoms with Gasteiger partial charge in [0.15, 0.2) is 5.82 Å². The van der Waals surface area contributed by atoms with Crippen molar-refractivity contribution >= 4 is 0 Å². The van der Waals surface area contributed by atoms with Crippen LogP contribution in [-0.2, 0) is 0 Å². The minimum Gasteiger partial charge on any atom is -0.389 e. The van der Waals surface area contributed by atoms with Gasteiger partial charge in [-0.05, 0) is 26.0 Å². The van der Waals surface area contributed by atoms with Crippen LogP contribution in [0.2, 0.25) is 0 Å². The molecule has 2 heterocycles. The lowest BCUT2D eigenvalue weighted by molar-refractivity contribution is 0.197. The van der Waals surface area contributed by atoms with Crippen LogP contribution in [0.15, 0.2) is 30.7 Å². The highest BCUT2D eigenvalue weighted by Gasteiger charge is 2.08. The summed E-state index contributed by atoms with van der Waals surface area (Å²) in [4.78, 5) is 12.5. The van der Waals surface area contributed by atoms with Gasteiger partial charge in [-0.1, -0.05) is 0 Å². The molecule has 0 saturated carbocycles. The Kier molecular flexibility index (Phi) is 2.92. The molecule has 0 spiro atoms. The molecule has 2 rings (SSSR count). The third kappa shape index (κ3) is 2.06. The summed E-state index contributed by atoms with van der Waals surface area (Å²) in [6, 6.07) is 3.72. The van der Waals surface area contributed by atoms with E-state index in [9.17, 15) is 5.11 Å². The SMILES string of the molecule is Cc1nc(-c2ccncc2)ncc1[C@H](C)O. The van der Waals surface area contributed by atoms with Crippen LogP contribution in [0.25, 0.3) is 11.4 Å². The molecule has 0 amide bonds. The molecule has 2 aromatic rings. The van der Waals surface area contributed by atoms with Gasteiger partial charge in [0.25, 0.3) is 0 Å². The Bertz CT molecular complexity index is 483. The van der Waals surface area contributed by atoms with E-state index in [0.717, 1.165) is 16.8 Å². The summed E-state index contributed by atoms with van der Waals surface area (Å²) in [6.45, 7) is 3.58. The zero-order valence-corrected chi connectivity index (χ0v) is 9.25. The maximum atomic E-state index is 9.48. The molecule has 0 aliphatic heterocycles. The zero-order chi connectivity index (χ0) is 11.5. The van der Waals surface area contributed by atoms with Gasteiger partial charge in [-0.3, -0.25) is 4.98 Å². The standard InChI is InChI=1S/C12H13N3O/c1-8-11(9(2)16)7-14-12(15-8)10-3-5-13-6-4-10/h3-7,9,16H,1-2H3/t9-/m0/s1. The minimum atomic E-state index is -0.536. The van der Waals surface area contributed by atoms with E-state index in [1.807, 2.05) is 19.1 Å². The van der Waals surface area contributed by atoms with Gasteiger partial charge in [0.2, 0.25) is 0 Å². The molecule has 1 N–H and O–H groups in total. The second-order valence-corrected chi connectivity index (χ2v) is 3.65. The first kappa shape index (κ1) is 10.7. The van der Waals surface area contributed by atoms with Gasteiger partial charge in [0.05, 0.1) is 6.10 Å². The van der Waals surface area contributed by atoms with Crippen molar-refractivity contribution in [3.8, 4) is 11.4 Å². The summed E-state index contributed by atoms with van der Waals surface area (Å²) >= 11 is 0. The Labute approximate surface area is 94.0 Å². The lowest BCUT2D eigenvalue weighted by atomic mass is 10.1. The van der Waals surface area contributed by atoms with E-state index >= 15 is 0 Å². The Hall–Kier alpha value is -1.81. The zero-order valence-electron chi connectivity index (χ0n) is 9.25.